The molecule has 0 radical (unpaired) electrons. The van der Waals surface area contributed by atoms with E-state index >= 15 is 0 Å². The second-order valence-corrected chi connectivity index (χ2v) is 8.14. The second-order valence-electron chi connectivity index (χ2n) is 8.14. The summed E-state index contributed by atoms with van der Waals surface area (Å²) in [5, 5.41) is 13.8. The van der Waals surface area contributed by atoms with Gasteiger partial charge in [-0.05, 0) is 104 Å². The Labute approximate surface area is 170 Å². The van der Waals surface area contributed by atoms with Gasteiger partial charge in [0, 0.05) is 0 Å². The first-order valence-corrected chi connectivity index (χ1v) is 9.51. The fourth-order valence-corrected chi connectivity index (χ4v) is 2.50. The van der Waals surface area contributed by atoms with Gasteiger partial charge in [0.15, 0.2) is 0 Å². The summed E-state index contributed by atoms with van der Waals surface area (Å²) in [4.78, 5) is 10.4. The zero-order valence-electron chi connectivity index (χ0n) is 17.2. The van der Waals surface area contributed by atoms with Gasteiger partial charge in [0.1, 0.15) is 22.8 Å². The van der Waals surface area contributed by atoms with Gasteiger partial charge in [-0.1, -0.05) is 24.3 Å². The van der Waals surface area contributed by atoms with Crippen LogP contribution in [0.5, 0.6) is 0 Å². The first-order valence-electron chi connectivity index (χ1n) is 9.51. The molecule has 0 saturated carbocycles. The van der Waals surface area contributed by atoms with Crippen molar-refractivity contribution in [3.05, 3.63) is 71.3 Å². The molecule has 0 saturated heterocycles. The van der Waals surface area contributed by atoms with Crippen LogP contribution in [0.3, 0.4) is 0 Å². The summed E-state index contributed by atoms with van der Waals surface area (Å²) < 4.78 is 25.9. The van der Waals surface area contributed by atoms with Crippen molar-refractivity contribution in [2.75, 3.05) is 0 Å². The third-order valence-corrected chi connectivity index (χ3v) is 4.43. The molecule has 0 bridgehead atoms. The highest BCUT2D eigenvalue weighted by Crippen LogP contribution is 2.21. The lowest BCUT2D eigenvalue weighted by atomic mass is 9.99. The van der Waals surface area contributed by atoms with Gasteiger partial charge in [0.25, 0.3) is 0 Å². The molecule has 0 atom stereocenters. The molecule has 0 unspecified atom stereocenters. The predicted molar refractivity (Wildman–Crippen MR) is 103 cm³/mol. The van der Waals surface area contributed by atoms with E-state index in [4.69, 9.17) is 9.78 Å². The van der Waals surface area contributed by atoms with Crippen LogP contribution < -0.4 is 0 Å². The summed E-state index contributed by atoms with van der Waals surface area (Å²) in [5.41, 5.74) is 0.670. The van der Waals surface area contributed by atoms with Gasteiger partial charge in [-0.3, -0.25) is 0 Å². The van der Waals surface area contributed by atoms with E-state index in [-0.39, 0.29) is 11.6 Å². The van der Waals surface area contributed by atoms with Gasteiger partial charge < -0.3 is 0 Å². The van der Waals surface area contributed by atoms with Crippen molar-refractivity contribution in [2.24, 2.45) is 0 Å². The number of hydrogen-bond donors (Lipinski definition) is 0. The molecule has 29 heavy (non-hydrogen) atoms. The summed E-state index contributed by atoms with van der Waals surface area (Å²) in [7, 11) is 0. The van der Waals surface area contributed by atoms with Gasteiger partial charge >= 0.3 is 0 Å². The molecular formula is C22H28F2O5. The van der Waals surface area contributed by atoms with Crippen molar-refractivity contribution >= 4 is 0 Å². The average molecular weight is 410 g/mol. The highest BCUT2D eigenvalue weighted by atomic mass is 19.1. The van der Waals surface area contributed by atoms with Crippen LogP contribution >= 0.6 is 0 Å². The molecule has 0 heterocycles. The standard InChI is InChI=1S/C22H28F2O5/c1-21(2,15-13-17-5-9-19(23)10-6-17)25-27-29-28-26-22(3,4)16-14-18-7-11-20(24)12-8-18/h5-12H,13-16H2,1-4H3. The molecule has 7 heteroatoms. The van der Waals surface area contributed by atoms with Gasteiger partial charge in [-0.15, -0.1) is 0 Å². The second kappa shape index (κ2) is 10.8. The fraction of sp³-hybridized carbons (Fsp3) is 0.455. The molecule has 0 amide bonds. The van der Waals surface area contributed by atoms with Crippen molar-refractivity contribution < 1.29 is 33.7 Å². The van der Waals surface area contributed by atoms with Gasteiger partial charge in [-0.25, -0.2) is 8.78 Å². The van der Waals surface area contributed by atoms with Crippen molar-refractivity contribution in [2.45, 2.75) is 64.6 Å². The normalized spacial score (nSPS) is 12.3. The average Bonchev–Trinajstić information content (AvgIpc) is 2.67. The Kier molecular flexibility index (Phi) is 8.67. The predicted octanol–water partition coefficient (Wildman–Crippen LogP) is 5.83. The van der Waals surface area contributed by atoms with E-state index in [0.29, 0.717) is 25.7 Å². The first-order chi connectivity index (χ1) is 13.7. The van der Waals surface area contributed by atoms with E-state index in [9.17, 15) is 8.78 Å². The van der Waals surface area contributed by atoms with Crippen LogP contribution in [0.15, 0.2) is 48.5 Å². The zero-order chi connectivity index (χ0) is 21.3. The molecule has 0 aliphatic heterocycles. The molecule has 5 nitrogen and oxygen atoms in total. The zero-order valence-corrected chi connectivity index (χ0v) is 17.2. The highest BCUT2D eigenvalue weighted by molar-refractivity contribution is 5.17. The van der Waals surface area contributed by atoms with Gasteiger partial charge in [0.05, 0.1) is 0 Å². The van der Waals surface area contributed by atoms with E-state index in [1.54, 1.807) is 24.3 Å². The Bertz CT molecular complexity index is 666. The minimum atomic E-state index is -0.657. The topological polar surface area (TPSA) is 46.2 Å². The molecule has 0 aromatic heterocycles. The van der Waals surface area contributed by atoms with Crippen LogP contribution in [0.4, 0.5) is 8.78 Å². The SMILES string of the molecule is CC(C)(CCc1ccc(F)cc1)OOOOOC(C)(C)CCc1ccc(F)cc1. The molecule has 2 aromatic rings. The van der Waals surface area contributed by atoms with E-state index in [0.717, 1.165) is 11.1 Å². The fourth-order valence-electron chi connectivity index (χ4n) is 2.50. The number of benzene rings is 2. The molecule has 2 aromatic carbocycles. The van der Waals surface area contributed by atoms with Crippen LogP contribution in [0.25, 0.3) is 0 Å². The summed E-state index contributed by atoms with van der Waals surface area (Å²) in [6, 6.07) is 12.6. The highest BCUT2D eigenvalue weighted by Gasteiger charge is 2.23. The van der Waals surface area contributed by atoms with Crippen molar-refractivity contribution in [3.63, 3.8) is 0 Å². The maximum atomic E-state index is 12.9. The first kappa shape index (κ1) is 23.4. The van der Waals surface area contributed by atoms with Crippen LogP contribution in [0, 0.1) is 11.6 Å². The molecule has 2 rings (SSSR count). The van der Waals surface area contributed by atoms with Crippen LogP contribution in [0.1, 0.15) is 51.7 Å². The van der Waals surface area contributed by atoms with Crippen molar-refractivity contribution in [3.8, 4) is 0 Å². The maximum absolute atomic E-state index is 12.9. The summed E-state index contributed by atoms with van der Waals surface area (Å²) in [6.07, 6.45) is 2.60. The third kappa shape index (κ3) is 9.43. The van der Waals surface area contributed by atoms with Gasteiger partial charge in [-0.2, -0.15) is 9.78 Å². The molecular weight excluding hydrogens is 382 g/mol. The van der Waals surface area contributed by atoms with E-state index < -0.39 is 11.2 Å². The van der Waals surface area contributed by atoms with E-state index in [2.05, 4.69) is 15.1 Å². The largest absolute Gasteiger partial charge is 0.207 e. The van der Waals surface area contributed by atoms with Crippen LogP contribution in [-0.4, -0.2) is 11.2 Å². The number of rotatable bonds is 12. The minimum Gasteiger partial charge on any atom is -0.207 e. The summed E-state index contributed by atoms with van der Waals surface area (Å²) in [5.74, 6) is -0.530. The molecule has 0 aliphatic rings. The lowest BCUT2D eigenvalue weighted by molar-refractivity contribution is -0.726. The Morgan fingerprint density at radius 3 is 1.28 bits per heavy atom. The summed E-state index contributed by atoms with van der Waals surface area (Å²) in [6.45, 7) is 7.31. The smallest absolute Gasteiger partial charge is 0.123 e. The quantitative estimate of drug-likeness (QED) is 0.250. The molecule has 0 spiro atoms. The monoisotopic (exact) mass is 410 g/mol. The van der Waals surface area contributed by atoms with E-state index in [1.807, 2.05) is 27.7 Å². The number of hydrogen-bond acceptors (Lipinski definition) is 5. The molecule has 0 N–H and O–H groups in total. The van der Waals surface area contributed by atoms with Crippen molar-refractivity contribution in [1.29, 1.82) is 0 Å². The molecule has 0 fully saturated rings. The molecule has 0 aliphatic carbocycles. The summed E-state index contributed by atoms with van der Waals surface area (Å²) >= 11 is 0. The molecule has 160 valence electrons. The minimum absolute atomic E-state index is 0.265. The lowest BCUT2D eigenvalue weighted by Crippen LogP contribution is -2.27. The van der Waals surface area contributed by atoms with Gasteiger partial charge in [0.2, 0.25) is 0 Å². The van der Waals surface area contributed by atoms with Crippen molar-refractivity contribution in [1.82, 2.24) is 0 Å². The Morgan fingerprint density at radius 1 is 0.586 bits per heavy atom. The Morgan fingerprint density at radius 2 is 0.931 bits per heavy atom. The Balaban J connectivity index is 1.61. The number of aryl methyl sites for hydroxylation is 2. The number of halogens is 2. The van der Waals surface area contributed by atoms with Crippen LogP contribution in [0.2, 0.25) is 0 Å². The Hall–Kier alpha value is -1.90. The maximum Gasteiger partial charge on any atom is 0.123 e. The lowest BCUT2D eigenvalue weighted by Gasteiger charge is -2.23. The van der Waals surface area contributed by atoms with E-state index in [1.165, 1.54) is 24.3 Å². The van der Waals surface area contributed by atoms with Crippen LogP contribution in [-0.2, 0) is 37.7 Å². The third-order valence-electron chi connectivity index (χ3n) is 4.43.